The van der Waals surface area contributed by atoms with Gasteiger partial charge < -0.3 is 15.1 Å². The molecule has 0 bridgehead atoms. The molecule has 1 aromatic carbocycles. The smallest absolute Gasteiger partial charge is 0.254 e. The van der Waals surface area contributed by atoms with Crippen LogP contribution in [0.15, 0.2) is 24.3 Å². The van der Waals surface area contributed by atoms with Gasteiger partial charge in [-0.05, 0) is 31.7 Å². The van der Waals surface area contributed by atoms with Gasteiger partial charge >= 0.3 is 0 Å². The van der Waals surface area contributed by atoms with Crippen LogP contribution in [0.1, 0.15) is 22.8 Å². The van der Waals surface area contributed by atoms with Gasteiger partial charge in [0.2, 0.25) is 0 Å². The third-order valence-corrected chi connectivity index (χ3v) is 4.97. The zero-order valence-electron chi connectivity index (χ0n) is 15.1. The maximum absolute atomic E-state index is 12.6. The van der Waals surface area contributed by atoms with Crippen LogP contribution in [-0.2, 0) is 6.54 Å². The lowest BCUT2D eigenvalue weighted by Crippen LogP contribution is -2.52. The molecule has 2 saturated heterocycles. The SMILES string of the molecule is C[C@@H]1CNCCN1C(=O)c1ccc(CN2CCN(C)CC2)cc1.Cl.Cl. The Hall–Kier alpha value is -0.850. The topological polar surface area (TPSA) is 38.8 Å². The van der Waals surface area contributed by atoms with E-state index in [1.165, 1.54) is 5.56 Å². The summed E-state index contributed by atoms with van der Waals surface area (Å²) in [7, 11) is 2.18. The number of carbonyl (C=O) groups is 1. The zero-order valence-corrected chi connectivity index (χ0v) is 16.7. The molecule has 25 heavy (non-hydrogen) atoms. The number of hydrogen-bond acceptors (Lipinski definition) is 4. The van der Waals surface area contributed by atoms with Crippen molar-refractivity contribution in [2.75, 3.05) is 52.9 Å². The Morgan fingerprint density at radius 3 is 2.32 bits per heavy atom. The van der Waals surface area contributed by atoms with E-state index < -0.39 is 0 Å². The minimum atomic E-state index is 0. The standard InChI is InChI=1S/C18H28N4O.2ClH/c1-15-13-19-7-8-22(15)18(23)17-5-3-16(4-6-17)14-21-11-9-20(2)10-12-21;;/h3-6,15,19H,7-14H2,1-2H3;2*1H/t15-;;/m1../s1. The molecule has 1 aromatic rings. The van der Waals surface area contributed by atoms with Crippen molar-refractivity contribution >= 4 is 30.7 Å². The molecule has 0 aromatic heterocycles. The van der Waals surface area contributed by atoms with Crippen LogP contribution in [0.5, 0.6) is 0 Å². The van der Waals surface area contributed by atoms with E-state index in [2.05, 4.69) is 41.2 Å². The molecule has 2 aliphatic rings. The van der Waals surface area contributed by atoms with Crippen LogP contribution in [0, 0.1) is 0 Å². The molecule has 0 unspecified atom stereocenters. The summed E-state index contributed by atoms with van der Waals surface area (Å²) in [5.41, 5.74) is 2.10. The normalized spacial score (nSPS) is 22.0. The lowest BCUT2D eigenvalue weighted by Gasteiger charge is -2.34. The van der Waals surface area contributed by atoms with Crippen molar-refractivity contribution in [1.29, 1.82) is 0 Å². The van der Waals surface area contributed by atoms with Gasteiger partial charge in [0, 0.05) is 64.0 Å². The lowest BCUT2D eigenvalue weighted by molar-refractivity contribution is 0.0655. The summed E-state index contributed by atoms with van der Waals surface area (Å²) in [6.07, 6.45) is 0. The number of carbonyl (C=O) groups excluding carboxylic acids is 1. The zero-order chi connectivity index (χ0) is 16.2. The minimum Gasteiger partial charge on any atom is -0.333 e. The number of likely N-dealkylation sites (N-methyl/N-ethyl adjacent to an activating group) is 1. The highest BCUT2D eigenvalue weighted by Gasteiger charge is 2.24. The van der Waals surface area contributed by atoms with Crippen LogP contribution in [0.4, 0.5) is 0 Å². The second-order valence-corrected chi connectivity index (χ2v) is 6.83. The van der Waals surface area contributed by atoms with E-state index in [1.807, 2.05) is 17.0 Å². The molecule has 2 heterocycles. The molecular formula is C18H30Cl2N4O. The van der Waals surface area contributed by atoms with Gasteiger partial charge in [-0.25, -0.2) is 0 Å². The predicted molar refractivity (Wildman–Crippen MR) is 107 cm³/mol. The van der Waals surface area contributed by atoms with E-state index in [0.29, 0.717) is 0 Å². The molecule has 0 aliphatic carbocycles. The molecule has 3 rings (SSSR count). The largest absolute Gasteiger partial charge is 0.333 e. The molecule has 0 saturated carbocycles. The van der Waals surface area contributed by atoms with Gasteiger partial charge in [-0.2, -0.15) is 0 Å². The van der Waals surface area contributed by atoms with Crippen LogP contribution in [0.2, 0.25) is 0 Å². The van der Waals surface area contributed by atoms with Crippen molar-refractivity contribution in [3.05, 3.63) is 35.4 Å². The number of hydrogen-bond donors (Lipinski definition) is 1. The van der Waals surface area contributed by atoms with Crippen molar-refractivity contribution in [2.24, 2.45) is 0 Å². The van der Waals surface area contributed by atoms with Crippen LogP contribution >= 0.6 is 24.8 Å². The number of piperazine rings is 2. The Kier molecular flexibility index (Phi) is 9.17. The number of nitrogens with one attached hydrogen (secondary N) is 1. The maximum atomic E-state index is 12.6. The Bertz CT molecular complexity index is 532. The molecular weight excluding hydrogens is 359 g/mol. The lowest BCUT2D eigenvalue weighted by atomic mass is 10.1. The summed E-state index contributed by atoms with van der Waals surface area (Å²) in [5.74, 6) is 0.158. The number of halogens is 2. The molecule has 0 spiro atoms. The minimum absolute atomic E-state index is 0. The number of rotatable bonds is 3. The molecule has 0 radical (unpaired) electrons. The van der Waals surface area contributed by atoms with Crippen LogP contribution in [0.3, 0.4) is 0 Å². The fraction of sp³-hybridized carbons (Fsp3) is 0.611. The van der Waals surface area contributed by atoms with Crippen LogP contribution in [-0.4, -0.2) is 79.5 Å². The van der Waals surface area contributed by atoms with Crippen molar-refractivity contribution in [3.63, 3.8) is 0 Å². The highest BCUT2D eigenvalue weighted by atomic mass is 35.5. The second-order valence-electron chi connectivity index (χ2n) is 6.83. The number of amides is 1. The van der Waals surface area contributed by atoms with E-state index in [4.69, 9.17) is 0 Å². The first-order chi connectivity index (χ1) is 11.1. The Morgan fingerprint density at radius 2 is 1.72 bits per heavy atom. The van der Waals surface area contributed by atoms with Gasteiger partial charge in [0.05, 0.1) is 0 Å². The van der Waals surface area contributed by atoms with E-state index in [0.717, 1.165) is 57.9 Å². The average Bonchev–Trinajstić information content (AvgIpc) is 2.57. The quantitative estimate of drug-likeness (QED) is 0.855. The van der Waals surface area contributed by atoms with Crippen molar-refractivity contribution in [2.45, 2.75) is 19.5 Å². The predicted octanol–water partition coefficient (Wildman–Crippen LogP) is 1.71. The van der Waals surface area contributed by atoms with Gasteiger partial charge in [0.1, 0.15) is 0 Å². The van der Waals surface area contributed by atoms with Gasteiger partial charge in [0.25, 0.3) is 5.91 Å². The molecule has 142 valence electrons. The highest BCUT2D eigenvalue weighted by molar-refractivity contribution is 5.94. The van der Waals surface area contributed by atoms with Gasteiger partial charge in [-0.3, -0.25) is 9.69 Å². The van der Waals surface area contributed by atoms with Crippen LogP contribution in [0.25, 0.3) is 0 Å². The molecule has 2 aliphatic heterocycles. The third kappa shape index (κ3) is 5.83. The van der Waals surface area contributed by atoms with E-state index in [-0.39, 0.29) is 36.8 Å². The summed E-state index contributed by atoms with van der Waals surface area (Å²) in [6.45, 7) is 10.2. The second kappa shape index (κ2) is 10.3. The molecule has 7 heteroatoms. The van der Waals surface area contributed by atoms with E-state index in [9.17, 15) is 4.79 Å². The summed E-state index contributed by atoms with van der Waals surface area (Å²) in [6, 6.07) is 8.46. The summed E-state index contributed by atoms with van der Waals surface area (Å²) >= 11 is 0. The molecule has 1 atom stereocenters. The molecule has 2 fully saturated rings. The maximum Gasteiger partial charge on any atom is 0.254 e. The van der Waals surface area contributed by atoms with E-state index >= 15 is 0 Å². The van der Waals surface area contributed by atoms with Gasteiger partial charge in [0.15, 0.2) is 0 Å². The Morgan fingerprint density at radius 1 is 1.08 bits per heavy atom. The fourth-order valence-corrected chi connectivity index (χ4v) is 3.33. The average molecular weight is 389 g/mol. The summed E-state index contributed by atoms with van der Waals surface area (Å²) in [4.78, 5) is 19.5. The number of benzene rings is 1. The summed E-state index contributed by atoms with van der Waals surface area (Å²) < 4.78 is 0. The first-order valence-corrected chi connectivity index (χ1v) is 8.65. The van der Waals surface area contributed by atoms with E-state index in [1.54, 1.807) is 0 Å². The third-order valence-electron chi connectivity index (χ3n) is 4.97. The monoisotopic (exact) mass is 388 g/mol. The Labute approximate surface area is 163 Å². The first-order valence-electron chi connectivity index (χ1n) is 8.65. The van der Waals surface area contributed by atoms with Crippen LogP contribution < -0.4 is 5.32 Å². The summed E-state index contributed by atoms with van der Waals surface area (Å²) in [5, 5.41) is 3.33. The van der Waals surface area contributed by atoms with Gasteiger partial charge in [-0.15, -0.1) is 24.8 Å². The van der Waals surface area contributed by atoms with Crippen molar-refractivity contribution in [1.82, 2.24) is 20.0 Å². The molecule has 1 amide bonds. The number of nitrogens with zero attached hydrogens (tertiary/aromatic N) is 3. The molecule has 1 N–H and O–H groups in total. The van der Waals surface area contributed by atoms with Gasteiger partial charge in [-0.1, -0.05) is 12.1 Å². The fourth-order valence-electron chi connectivity index (χ4n) is 3.33. The van der Waals surface area contributed by atoms with Crippen molar-refractivity contribution in [3.8, 4) is 0 Å². The highest BCUT2D eigenvalue weighted by Crippen LogP contribution is 2.13. The molecule has 5 nitrogen and oxygen atoms in total. The van der Waals surface area contributed by atoms with Crippen molar-refractivity contribution < 1.29 is 4.79 Å². The Balaban J connectivity index is 0.00000156. The first kappa shape index (κ1) is 22.2.